The SMILES string of the molecule is CC[N-]Cc1cc(C(F)(F)F)ccc1-c1cc(CC(N)=O)ccc1OC. The van der Waals surface area contributed by atoms with Gasteiger partial charge in [-0.25, -0.2) is 0 Å². The molecule has 1 amide bonds. The lowest BCUT2D eigenvalue weighted by Gasteiger charge is -2.22. The fourth-order valence-corrected chi connectivity index (χ4v) is 2.67. The van der Waals surface area contributed by atoms with Crippen LogP contribution < -0.4 is 10.5 Å². The lowest BCUT2D eigenvalue weighted by molar-refractivity contribution is -0.137. The summed E-state index contributed by atoms with van der Waals surface area (Å²) >= 11 is 0. The number of halogens is 3. The zero-order valence-electron chi connectivity index (χ0n) is 14.6. The van der Waals surface area contributed by atoms with Gasteiger partial charge in [-0.15, -0.1) is 6.54 Å². The lowest BCUT2D eigenvalue weighted by atomic mass is 9.94. The van der Waals surface area contributed by atoms with Gasteiger partial charge in [0.1, 0.15) is 5.75 Å². The van der Waals surface area contributed by atoms with Gasteiger partial charge in [0.05, 0.1) is 19.1 Å². The highest BCUT2D eigenvalue weighted by molar-refractivity contribution is 5.79. The molecule has 0 spiro atoms. The zero-order chi connectivity index (χ0) is 19.3. The number of hydrogen-bond donors (Lipinski definition) is 1. The van der Waals surface area contributed by atoms with E-state index in [1.165, 1.54) is 13.2 Å². The molecule has 0 aromatic heterocycles. The molecule has 26 heavy (non-hydrogen) atoms. The van der Waals surface area contributed by atoms with Crippen LogP contribution in [0.25, 0.3) is 16.4 Å². The summed E-state index contributed by atoms with van der Waals surface area (Å²) in [6.45, 7) is 2.47. The van der Waals surface area contributed by atoms with E-state index < -0.39 is 17.6 Å². The molecule has 2 aromatic rings. The van der Waals surface area contributed by atoms with Gasteiger partial charge < -0.3 is 15.8 Å². The van der Waals surface area contributed by atoms with Gasteiger partial charge in [0.2, 0.25) is 5.91 Å². The molecule has 0 radical (unpaired) electrons. The van der Waals surface area contributed by atoms with E-state index in [1.54, 1.807) is 18.2 Å². The highest BCUT2D eigenvalue weighted by Gasteiger charge is 2.31. The number of ether oxygens (including phenoxy) is 1. The molecule has 0 aliphatic heterocycles. The molecule has 7 heteroatoms. The molecule has 2 rings (SSSR count). The van der Waals surface area contributed by atoms with Crippen LogP contribution in [0, 0.1) is 0 Å². The molecule has 2 N–H and O–H groups in total. The molecule has 0 atom stereocenters. The summed E-state index contributed by atoms with van der Waals surface area (Å²) in [5.74, 6) is 0.00506. The first-order chi connectivity index (χ1) is 12.3. The van der Waals surface area contributed by atoms with Crippen molar-refractivity contribution in [1.29, 1.82) is 0 Å². The summed E-state index contributed by atoms with van der Waals surface area (Å²) in [5.41, 5.74) is 6.79. The Morgan fingerprint density at radius 3 is 2.46 bits per heavy atom. The maximum Gasteiger partial charge on any atom is 0.416 e. The molecule has 0 aliphatic rings. The Balaban J connectivity index is 2.59. The molecular formula is C19H20F3N2O2-. The smallest absolute Gasteiger partial charge is 0.416 e. The van der Waals surface area contributed by atoms with E-state index in [4.69, 9.17) is 10.5 Å². The third-order valence-electron chi connectivity index (χ3n) is 3.87. The van der Waals surface area contributed by atoms with Crippen molar-refractivity contribution in [3.63, 3.8) is 0 Å². The van der Waals surface area contributed by atoms with Gasteiger partial charge in [-0.05, 0) is 35.4 Å². The van der Waals surface area contributed by atoms with Crippen LogP contribution in [0.4, 0.5) is 13.2 Å². The van der Waals surface area contributed by atoms with Crippen molar-refractivity contribution in [1.82, 2.24) is 0 Å². The van der Waals surface area contributed by atoms with Crippen LogP contribution in [0.2, 0.25) is 0 Å². The average Bonchev–Trinajstić information content (AvgIpc) is 2.58. The summed E-state index contributed by atoms with van der Waals surface area (Å²) in [7, 11) is 1.48. The predicted octanol–water partition coefficient (Wildman–Crippen LogP) is 4.30. The van der Waals surface area contributed by atoms with Gasteiger partial charge in [-0.3, -0.25) is 4.79 Å². The Labute approximate surface area is 150 Å². The van der Waals surface area contributed by atoms with Crippen LogP contribution in [-0.2, 0) is 23.9 Å². The monoisotopic (exact) mass is 365 g/mol. The summed E-state index contributed by atoms with van der Waals surface area (Å²) in [4.78, 5) is 11.2. The number of rotatable bonds is 7. The molecule has 0 unspecified atom stereocenters. The van der Waals surface area contributed by atoms with Gasteiger partial charge in [0.25, 0.3) is 0 Å². The summed E-state index contributed by atoms with van der Waals surface area (Å²) in [6.07, 6.45) is -4.40. The minimum absolute atomic E-state index is 0.0340. The molecular weight excluding hydrogens is 345 g/mol. The minimum Gasteiger partial charge on any atom is -0.659 e. The Morgan fingerprint density at radius 1 is 1.15 bits per heavy atom. The molecule has 0 fully saturated rings. The largest absolute Gasteiger partial charge is 0.659 e. The van der Waals surface area contributed by atoms with Crippen LogP contribution in [0.1, 0.15) is 23.6 Å². The van der Waals surface area contributed by atoms with Crippen LogP contribution in [0.5, 0.6) is 5.75 Å². The third kappa shape index (κ3) is 4.76. The maximum atomic E-state index is 13.1. The van der Waals surface area contributed by atoms with Gasteiger partial charge >= 0.3 is 6.18 Å². The van der Waals surface area contributed by atoms with Crippen LogP contribution in [-0.4, -0.2) is 19.6 Å². The van der Waals surface area contributed by atoms with E-state index in [0.29, 0.717) is 34.5 Å². The number of amides is 1. The quantitative estimate of drug-likeness (QED) is 0.795. The number of carbonyl (C=O) groups is 1. The highest BCUT2D eigenvalue weighted by atomic mass is 19.4. The number of hydrogen-bond acceptors (Lipinski definition) is 2. The van der Waals surface area contributed by atoms with E-state index in [1.807, 2.05) is 6.92 Å². The van der Waals surface area contributed by atoms with Crippen molar-refractivity contribution in [2.45, 2.75) is 26.1 Å². The van der Waals surface area contributed by atoms with Gasteiger partial charge in [-0.1, -0.05) is 24.6 Å². The molecule has 0 saturated carbocycles. The topological polar surface area (TPSA) is 66.4 Å². The number of benzene rings is 2. The first-order valence-corrected chi connectivity index (χ1v) is 8.05. The van der Waals surface area contributed by atoms with Crippen molar-refractivity contribution < 1.29 is 22.7 Å². The van der Waals surface area contributed by atoms with Gasteiger partial charge in [-0.2, -0.15) is 19.7 Å². The second-order valence-electron chi connectivity index (χ2n) is 5.75. The summed E-state index contributed by atoms with van der Waals surface area (Å²) in [5, 5.41) is 4.20. The van der Waals surface area contributed by atoms with Gasteiger partial charge in [0.15, 0.2) is 0 Å². The molecule has 140 valence electrons. The summed E-state index contributed by atoms with van der Waals surface area (Å²) < 4.78 is 44.6. The molecule has 0 aliphatic carbocycles. The van der Waals surface area contributed by atoms with E-state index in [9.17, 15) is 18.0 Å². The van der Waals surface area contributed by atoms with Crippen molar-refractivity contribution >= 4 is 5.91 Å². The van der Waals surface area contributed by atoms with Crippen molar-refractivity contribution in [3.05, 3.63) is 58.4 Å². The van der Waals surface area contributed by atoms with E-state index >= 15 is 0 Å². The van der Waals surface area contributed by atoms with Crippen molar-refractivity contribution in [3.8, 4) is 16.9 Å². The van der Waals surface area contributed by atoms with Crippen LogP contribution in [0.3, 0.4) is 0 Å². The van der Waals surface area contributed by atoms with E-state index in [0.717, 1.165) is 12.1 Å². The van der Waals surface area contributed by atoms with Crippen LogP contribution in [0.15, 0.2) is 36.4 Å². The number of alkyl halides is 3. The fraction of sp³-hybridized carbons (Fsp3) is 0.316. The number of primary amides is 1. The minimum atomic E-state index is -4.43. The van der Waals surface area contributed by atoms with Crippen molar-refractivity contribution in [2.24, 2.45) is 5.73 Å². The Hall–Kier alpha value is -2.54. The Kier molecular flexibility index (Phi) is 6.26. The fourth-order valence-electron chi connectivity index (χ4n) is 2.67. The Bertz CT molecular complexity index is 789. The number of nitrogens with two attached hydrogens (primary N) is 1. The van der Waals surface area contributed by atoms with E-state index in [2.05, 4.69) is 5.32 Å². The van der Waals surface area contributed by atoms with Gasteiger partial charge in [0, 0.05) is 5.56 Å². The molecule has 0 heterocycles. The summed E-state index contributed by atoms with van der Waals surface area (Å²) in [6, 6.07) is 8.63. The normalized spacial score (nSPS) is 11.4. The number of carbonyl (C=O) groups excluding carboxylic acids is 1. The Morgan fingerprint density at radius 2 is 1.88 bits per heavy atom. The number of methoxy groups -OCH3 is 1. The number of nitrogens with zero attached hydrogens (tertiary/aromatic N) is 1. The third-order valence-corrected chi connectivity index (χ3v) is 3.87. The standard InChI is InChI=1S/C19H20F3N2O2/c1-3-24-11-13-10-14(19(20,21)22)5-6-15(13)16-8-12(9-18(23)25)4-7-17(16)26-2/h4-8,10H,3,9,11H2,1-2H3,(H2,23,25)/q-1. The second kappa shape index (κ2) is 8.23. The molecule has 0 bridgehead atoms. The van der Waals surface area contributed by atoms with Crippen LogP contribution >= 0.6 is 0 Å². The molecule has 2 aromatic carbocycles. The zero-order valence-corrected chi connectivity index (χ0v) is 14.6. The predicted molar refractivity (Wildman–Crippen MR) is 93.9 cm³/mol. The van der Waals surface area contributed by atoms with Crippen molar-refractivity contribution in [2.75, 3.05) is 13.7 Å². The molecule has 4 nitrogen and oxygen atoms in total. The highest BCUT2D eigenvalue weighted by Crippen LogP contribution is 2.38. The first-order valence-electron chi connectivity index (χ1n) is 8.05. The average molecular weight is 365 g/mol. The van der Waals surface area contributed by atoms with E-state index in [-0.39, 0.29) is 13.0 Å². The second-order valence-corrected chi connectivity index (χ2v) is 5.75. The first kappa shape index (κ1) is 19.8. The lowest BCUT2D eigenvalue weighted by Crippen LogP contribution is -2.13. The molecule has 0 saturated heterocycles. The maximum absolute atomic E-state index is 13.1.